The van der Waals surface area contributed by atoms with Gasteiger partial charge in [0.2, 0.25) is 0 Å². The van der Waals surface area contributed by atoms with E-state index in [0.29, 0.717) is 29.5 Å². The zero-order valence-corrected chi connectivity index (χ0v) is 12.6. The Balaban J connectivity index is 2.72. The molecule has 0 bridgehead atoms. The molecule has 1 aromatic rings. The van der Waals surface area contributed by atoms with Crippen LogP contribution in [0.3, 0.4) is 0 Å². The topological polar surface area (TPSA) is 21.3 Å². The van der Waals surface area contributed by atoms with Crippen molar-refractivity contribution in [1.29, 1.82) is 0 Å². The number of hydrogen-bond acceptors (Lipinski definition) is 2. The fraction of sp³-hybridized carbons (Fsp3) is 0.600. The summed E-state index contributed by atoms with van der Waals surface area (Å²) in [4.78, 5) is 0. The third-order valence-corrected chi connectivity index (χ3v) is 3.50. The maximum Gasteiger partial charge on any atom is 0.127 e. The van der Waals surface area contributed by atoms with Crippen molar-refractivity contribution in [2.24, 2.45) is 5.92 Å². The summed E-state index contributed by atoms with van der Waals surface area (Å²) in [5.74, 6) is 0.203. The summed E-state index contributed by atoms with van der Waals surface area (Å²) in [7, 11) is 1.70. The number of methoxy groups -OCH3 is 1. The second-order valence-corrected chi connectivity index (χ2v) is 5.36. The molecule has 0 aromatic heterocycles. The third kappa shape index (κ3) is 5.47. The fourth-order valence-corrected chi connectivity index (χ4v) is 2.58. The maximum absolute atomic E-state index is 13.8. The molecule has 0 heterocycles. The minimum atomic E-state index is -0.227. The number of rotatable bonds is 8. The molecule has 2 unspecified atom stereocenters. The second-order valence-electron chi connectivity index (χ2n) is 4.96. The lowest BCUT2D eigenvalue weighted by Gasteiger charge is -2.22. The number of likely N-dealkylation sites (N-methyl/N-ethyl adjacent to an activating group) is 1. The van der Waals surface area contributed by atoms with Gasteiger partial charge in [-0.1, -0.05) is 31.5 Å². The van der Waals surface area contributed by atoms with Gasteiger partial charge in [0.15, 0.2) is 0 Å². The molecule has 108 valence electrons. The minimum absolute atomic E-state index is 0.213. The van der Waals surface area contributed by atoms with Crippen molar-refractivity contribution in [3.05, 3.63) is 34.6 Å². The van der Waals surface area contributed by atoms with Gasteiger partial charge in [-0.2, -0.15) is 0 Å². The monoisotopic (exact) mass is 287 g/mol. The summed E-state index contributed by atoms with van der Waals surface area (Å²) in [5.41, 5.74) is 0.597. The Morgan fingerprint density at radius 1 is 1.42 bits per heavy atom. The lowest BCUT2D eigenvalue weighted by Crippen LogP contribution is -2.33. The average Bonchev–Trinajstić information content (AvgIpc) is 2.34. The van der Waals surface area contributed by atoms with Crippen molar-refractivity contribution >= 4 is 11.6 Å². The summed E-state index contributed by atoms with van der Waals surface area (Å²) in [6.07, 6.45) is 1.54. The van der Waals surface area contributed by atoms with E-state index in [4.69, 9.17) is 16.3 Å². The first kappa shape index (κ1) is 16.4. The third-order valence-electron chi connectivity index (χ3n) is 3.14. The van der Waals surface area contributed by atoms with Gasteiger partial charge in [-0.05, 0) is 37.4 Å². The normalized spacial score (nSPS) is 14.4. The first-order valence-corrected chi connectivity index (χ1v) is 7.11. The van der Waals surface area contributed by atoms with E-state index in [0.717, 1.165) is 13.0 Å². The molecule has 0 saturated carbocycles. The predicted octanol–water partition coefficient (Wildman–Crippen LogP) is 3.67. The van der Waals surface area contributed by atoms with E-state index in [1.54, 1.807) is 19.2 Å². The number of hydrogen-bond donors (Lipinski definition) is 1. The van der Waals surface area contributed by atoms with Crippen LogP contribution in [-0.4, -0.2) is 26.3 Å². The Hall–Kier alpha value is -0.640. The highest BCUT2D eigenvalue weighted by molar-refractivity contribution is 6.31. The summed E-state index contributed by atoms with van der Waals surface area (Å²) in [6, 6.07) is 5.05. The van der Waals surface area contributed by atoms with Crippen LogP contribution in [0.4, 0.5) is 4.39 Å². The van der Waals surface area contributed by atoms with E-state index in [1.807, 2.05) is 0 Å². The van der Waals surface area contributed by atoms with Crippen molar-refractivity contribution in [1.82, 2.24) is 5.32 Å². The van der Waals surface area contributed by atoms with E-state index in [1.165, 1.54) is 6.07 Å². The van der Waals surface area contributed by atoms with Gasteiger partial charge in [-0.25, -0.2) is 4.39 Å². The largest absolute Gasteiger partial charge is 0.384 e. The molecule has 0 radical (unpaired) electrons. The highest BCUT2D eigenvalue weighted by atomic mass is 35.5. The van der Waals surface area contributed by atoms with Crippen LogP contribution >= 0.6 is 11.6 Å². The Kier molecular flexibility index (Phi) is 7.36. The van der Waals surface area contributed by atoms with Crippen molar-refractivity contribution in [2.45, 2.75) is 32.7 Å². The molecule has 1 rings (SSSR count). The molecule has 19 heavy (non-hydrogen) atoms. The number of ether oxygens (including phenoxy) is 1. The first-order chi connectivity index (χ1) is 9.08. The molecule has 1 N–H and O–H groups in total. The van der Waals surface area contributed by atoms with E-state index in [9.17, 15) is 4.39 Å². The summed E-state index contributed by atoms with van der Waals surface area (Å²) in [6.45, 7) is 5.76. The number of halogens is 2. The second kappa shape index (κ2) is 8.51. The molecular weight excluding hydrogens is 265 g/mol. The van der Waals surface area contributed by atoms with E-state index < -0.39 is 0 Å². The molecule has 2 atom stereocenters. The van der Waals surface area contributed by atoms with Crippen LogP contribution in [0.5, 0.6) is 0 Å². The van der Waals surface area contributed by atoms with Crippen molar-refractivity contribution in [3.63, 3.8) is 0 Å². The van der Waals surface area contributed by atoms with Crippen LogP contribution in [0.25, 0.3) is 0 Å². The molecule has 2 nitrogen and oxygen atoms in total. The van der Waals surface area contributed by atoms with Gasteiger partial charge in [-0.3, -0.25) is 0 Å². The molecule has 4 heteroatoms. The van der Waals surface area contributed by atoms with E-state index in [-0.39, 0.29) is 11.9 Å². The van der Waals surface area contributed by atoms with Crippen molar-refractivity contribution in [3.8, 4) is 0 Å². The molecule has 0 aliphatic carbocycles. The summed E-state index contributed by atoms with van der Waals surface area (Å²) in [5, 5.41) is 3.90. The minimum Gasteiger partial charge on any atom is -0.384 e. The molecular formula is C15H23ClFNO. The van der Waals surface area contributed by atoms with Crippen LogP contribution in [0.15, 0.2) is 18.2 Å². The Bertz CT molecular complexity index is 366. The van der Waals surface area contributed by atoms with Gasteiger partial charge in [0.1, 0.15) is 5.82 Å². The molecule has 1 aromatic carbocycles. The zero-order chi connectivity index (χ0) is 14.3. The first-order valence-electron chi connectivity index (χ1n) is 6.73. The molecule has 0 fully saturated rings. The van der Waals surface area contributed by atoms with Gasteiger partial charge >= 0.3 is 0 Å². The van der Waals surface area contributed by atoms with Gasteiger partial charge in [0.05, 0.1) is 0 Å². The van der Waals surface area contributed by atoms with Crippen molar-refractivity contribution in [2.75, 3.05) is 20.3 Å². The maximum atomic E-state index is 13.8. The van der Waals surface area contributed by atoms with Gasteiger partial charge < -0.3 is 10.1 Å². The predicted molar refractivity (Wildman–Crippen MR) is 78.2 cm³/mol. The Morgan fingerprint density at radius 3 is 2.74 bits per heavy atom. The zero-order valence-electron chi connectivity index (χ0n) is 11.9. The van der Waals surface area contributed by atoms with E-state index in [2.05, 4.69) is 19.2 Å². The lowest BCUT2D eigenvalue weighted by atomic mass is 9.96. The molecule has 0 spiro atoms. The smallest absolute Gasteiger partial charge is 0.127 e. The van der Waals surface area contributed by atoms with Crippen LogP contribution in [0, 0.1) is 11.7 Å². The molecule has 0 saturated heterocycles. The summed E-state index contributed by atoms with van der Waals surface area (Å²) >= 11 is 6.08. The van der Waals surface area contributed by atoms with Gasteiger partial charge in [-0.15, -0.1) is 0 Å². The SMILES string of the molecule is CCNC(Cc1c(F)cccc1Cl)CC(C)COC. The Morgan fingerprint density at radius 2 is 2.16 bits per heavy atom. The van der Waals surface area contributed by atoms with Crippen molar-refractivity contribution < 1.29 is 9.13 Å². The van der Waals surface area contributed by atoms with Crippen LogP contribution < -0.4 is 5.32 Å². The van der Waals surface area contributed by atoms with E-state index >= 15 is 0 Å². The summed E-state index contributed by atoms with van der Waals surface area (Å²) < 4.78 is 19.0. The van der Waals surface area contributed by atoms with Crippen LogP contribution in [0.2, 0.25) is 5.02 Å². The molecule has 0 aliphatic rings. The van der Waals surface area contributed by atoms with Gasteiger partial charge in [0, 0.05) is 30.3 Å². The van der Waals surface area contributed by atoms with Crippen LogP contribution in [-0.2, 0) is 11.2 Å². The quantitative estimate of drug-likeness (QED) is 0.788. The fourth-order valence-electron chi connectivity index (χ4n) is 2.34. The highest BCUT2D eigenvalue weighted by Gasteiger charge is 2.16. The Labute approximate surface area is 120 Å². The molecule has 0 aliphatic heterocycles. The highest BCUT2D eigenvalue weighted by Crippen LogP contribution is 2.22. The molecule has 0 amide bonds. The van der Waals surface area contributed by atoms with Gasteiger partial charge in [0.25, 0.3) is 0 Å². The number of nitrogens with one attached hydrogen (secondary N) is 1. The average molecular weight is 288 g/mol. The van der Waals surface area contributed by atoms with Crippen LogP contribution in [0.1, 0.15) is 25.8 Å². The standard InChI is InChI=1S/C15H23ClFNO/c1-4-18-12(8-11(2)10-19-3)9-13-14(16)6-5-7-15(13)17/h5-7,11-12,18H,4,8-10H2,1-3H3. The lowest BCUT2D eigenvalue weighted by molar-refractivity contribution is 0.149. The number of benzene rings is 1.